The fourth-order valence-electron chi connectivity index (χ4n) is 3.65. The number of carbonyl (C=O) groups excluding carboxylic acids is 1. The number of hydrogen-bond donors (Lipinski definition) is 2. The van der Waals surface area contributed by atoms with Crippen molar-refractivity contribution in [1.29, 1.82) is 0 Å². The lowest BCUT2D eigenvalue weighted by atomic mass is 10.0. The highest BCUT2D eigenvalue weighted by atomic mass is 19.2. The van der Waals surface area contributed by atoms with Crippen LogP contribution in [-0.2, 0) is 0 Å². The van der Waals surface area contributed by atoms with Crippen molar-refractivity contribution in [3.05, 3.63) is 75.3 Å². The Hall–Kier alpha value is -3.69. The summed E-state index contributed by atoms with van der Waals surface area (Å²) in [6, 6.07) is 4.34. The molecule has 2 aromatic heterocycles. The van der Waals surface area contributed by atoms with Crippen molar-refractivity contribution in [3.63, 3.8) is 0 Å². The lowest BCUT2D eigenvalue weighted by Crippen LogP contribution is -2.34. The molecule has 4 rings (SSSR count). The highest BCUT2D eigenvalue weighted by Crippen LogP contribution is 2.28. The number of amides is 1. The van der Waals surface area contributed by atoms with Crippen LogP contribution < -0.4 is 5.56 Å². The molecule has 0 aliphatic carbocycles. The summed E-state index contributed by atoms with van der Waals surface area (Å²) in [4.78, 5) is 29.2. The minimum absolute atomic E-state index is 0.0131. The predicted octanol–water partition coefficient (Wildman–Crippen LogP) is 4.18. The number of fused-ring (bicyclic) bond motifs is 2. The van der Waals surface area contributed by atoms with Crippen LogP contribution in [0.5, 0.6) is 0 Å². The number of carbonyl (C=O) groups is 1. The quantitative estimate of drug-likeness (QED) is 0.475. The van der Waals surface area contributed by atoms with Crippen molar-refractivity contribution < 1.29 is 22.4 Å². The topological polar surface area (TPSA) is 81.8 Å². The number of benzene rings is 2. The van der Waals surface area contributed by atoms with Gasteiger partial charge in [0.05, 0.1) is 17.1 Å². The summed E-state index contributed by atoms with van der Waals surface area (Å²) in [5.41, 5.74) is -0.292. The van der Waals surface area contributed by atoms with E-state index in [1.54, 1.807) is 13.8 Å². The first-order valence-corrected chi connectivity index (χ1v) is 9.38. The molecule has 0 spiro atoms. The molecule has 1 atom stereocenters. The smallest absolute Gasteiger partial charge is 0.272 e. The maximum Gasteiger partial charge on any atom is 0.272 e. The molecule has 0 fully saturated rings. The maximum atomic E-state index is 14.0. The molecule has 6 nitrogen and oxygen atoms in total. The Morgan fingerprint density at radius 1 is 1.03 bits per heavy atom. The number of aromatic nitrogens is 3. The minimum atomic E-state index is -1.18. The van der Waals surface area contributed by atoms with E-state index in [9.17, 15) is 27.2 Å². The Morgan fingerprint density at radius 2 is 1.71 bits per heavy atom. The molecule has 2 aromatic carbocycles. The average molecular weight is 432 g/mol. The lowest BCUT2D eigenvalue weighted by Gasteiger charge is -2.27. The van der Waals surface area contributed by atoms with Crippen LogP contribution in [-0.4, -0.2) is 32.5 Å². The molecule has 10 heteroatoms. The number of nitrogens with zero attached hydrogens (tertiary/aromatic N) is 2. The number of hydrogen-bond acceptors (Lipinski definition) is 3. The standard InChI is InChI=1S/C21H16F4N4O2/c1-3-29(21(31)17-8-12-16(26-17)5-4-13(22)18(12)25)9(2)19-10-6-14(23)15(24)7-11(10)20(30)28-27-19/h4-9,26H,3H2,1-2H3,(H,28,30)/t9-/m1/s1. The highest BCUT2D eigenvalue weighted by molar-refractivity contribution is 5.98. The fraction of sp³-hybridized carbons (Fsp3) is 0.190. The first-order chi connectivity index (χ1) is 14.7. The SMILES string of the molecule is CCN(C(=O)c1cc2c(F)c(F)ccc2[nH]1)[C@H](C)c1n[nH]c(=O)c2cc(F)c(F)cc12. The third-order valence-electron chi connectivity index (χ3n) is 5.24. The van der Waals surface area contributed by atoms with Gasteiger partial charge < -0.3 is 9.88 Å². The Kier molecular flexibility index (Phi) is 5.00. The molecule has 31 heavy (non-hydrogen) atoms. The predicted molar refractivity (Wildman–Crippen MR) is 106 cm³/mol. The summed E-state index contributed by atoms with van der Waals surface area (Å²) in [6.45, 7) is 3.47. The van der Waals surface area contributed by atoms with E-state index in [0.29, 0.717) is 0 Å². The molecular weight excluding hydrogens is 416 g/mol. The molecule has 0 radical (unpaired) electrons. The van der Waals surface area contributed by atoms with E-state index in [2.05, 4.69) is 15.2 Å². The Morgan fingerprint density at radius 3 is 2.39 bits per heavy atom. The van der Waals surface area contributed by atoms with E-state index < -0.39 is 40.8 Å². The van der Waals surface area contributed by atoms with Gasteiger partial charge in [0.15, 0.2) is 23.3 Å². The van der Waals surface area contributed by atoms with Crippen LogP contribution in [0.25, 0.3) is 21.7 Å². The van der Waals surface area contributed by atoms with Crippen molar-refractivity contribution in [3.8, 4) is 0 Å². The molecule has 4 aromatic rings. The molecule has 0 aliphatic rings. The van der Waals surface area contributed by atoms with Gasteiger partial charge in [-0.3, -0.25) is 9.59 Å². The van der Waals surface area contributed by atoms with Crippen LogP contribution in [0, 0.1) is 23.3 Å². The third-order valence-corrected chi connectivity index (χ3v) is 5.24. The Labute approximate surface area is 172 Å². The van der Waals surface area contributed by atoms with Crippen molar-refractivity contribution >= 4 is 27.6 Å². The summed E-state index contributed by atoms with van der Waals surface area (Å²) in [6.07, 6.45) is 0. The van der Waals surface area contributed by atoms with E-state index in [1.807, 2.05) is 0 Å². The minimum Gasteiger partial charge on any atom is -0.350 e. The number of nitrogens with one attached hydrogen (secondary N) is 2. The van der Waals surface area contributed by atoms with Crippen LogP contribution in [0.3, 0.4) is 0 Å². The molecular formula is C21H16F4N4O2. The third kappa shape index (κ3) is 3.33. The fourth-order valence-corrected chi connectivity index (χ4v) is 3.65. The molecule has 0 saturated heterocycles. The lowest BCUT2D eigenvalue weighted by molar-refractivity contribution is 0.0694. The van der Waals surface area contributed by atoms with E-state index in [-0.39, 0.29) is 39.6 Å². The van der Waals surface area contributed by atoms with Gasteiger partial charge in [0, 0.05) is 22.8 Å². The second-order valence-corrected chi connectivity index (χ2v) is 7.02. The summed E-state index contributed by atoms with van der Waals surface area (Å²) in [5, 5.41) is 6.06. The largest absolute Gasteiger partial charge is 0.350 e. The van der Waals surface area contributed by atoms with Gasteiger partial charge in [-0.15, -0.1) is 0 Å². The number of H-pyrrole nitrogens is 2. The monoisotopic (exact) mass is 432 g/mol. The molecule has 0 bridgehead atoms. The molecule has 2 heterocycles. The van der Waals surface area contributed by atoms with Crippen molar-refractivity contribution in [2.45, 2.75) is 19.9 Å². The number of halogens is 4. The van der Waals surface area contributed by atoms with Crippen LogP contribution in [0.2, 0.25) is 0 Å². The Balaban J connectivity index is 1.79. The molecule has 0 saturated carbocycles. The highest BCUT2D eigenvalue weighted by Gasteiger charge is 2.27. The van der Waals surface area contributed by atoms with Crippen LogP contribution in [0.1, 0.15) is 36.1 Å². The maximum absolute atomic E-state index is 14.0. The van der Waals surface area contributed by atoms with Gasteiger partial charge in [-0.25, -0.2) is 22.7 Å². The van der Waals surface area contributed by atoms with E-state index in [1.165, 1.54) is 17.0 Å². The summed E-state index contributed by atoms with van der Waals surface area (Å²) in [7, 11) is 0. The molecule has 0 aliphatic heterocycles. The van der Waals surface area contributed by atoms with Crippen molar-refractivity contribution in [2.24, 2.45) is 0 Å². The summed E-state index contributed by atoms with van der Waals surface area (Å²) in [5.74, 6) is -5.00. The zero-order chi connectivity index (χ0) is 22.4. The first-order valence-electron chi connectivity index (χ1n) is 9.38. The zero-order valence-electron chi connectivity index (χ0n) is 16.4. The van der Waals surface area contributed by atoms with Gasteiger partial charge in [-0.2, -0.15) is 5.10 Å². The summed E-state index contributed by atoms with van der Waals surface area (Å²) < 4.78 is 55.0. The molecule has 2 N–H and O–H groups in total. The van der Waals surface area contributed by atoms with Gasteiger partial charge in [-0.05, 0) is 44.2 Å². The van der Waals surface area contributed by atoms with E-state index in [0.717, 1.165) is 18.2 Å². The van der Waals surface area contributed by atoms with Gasteiger partial charge in [0.1, 0.15) is 5.69 Å². The number of aromatic amines is 2. The molecule has 0 unspecified atom stereocenters. The first kappa shape index (κ1) is 20.6. The van der Waals surface area contributed by atoms with Crippen LogP contribution in [0.4, 0.5) is 17.6 Å². The van der Waals surface area contributed by atoms with Gasteiger partial charge >= 0.3 is 0 Å². The van der Waals surface area contributed by atoms with E-state index in [4.69, 9.17) is 0 Å². The summed E-state index contributed by atoms with van der Waals surface area (Å²) >= 11 is 0. The second-order valence-electron chi connectivity index (χ2n) is 7.02. The normalized spacial score (nSPS) is 12.5. The van der Waals surface area contributed by atoms with Crippen LogP contribution >= 0.6 is 0 Å². The van der Waals surface area contributed by atoms with Gasteiger partial charge in [0.2, 0.25) is 0 Å². The van der Waals surface area contributed by atoms with Gasteiger partial charge in [-0.1, -0.05) is 0 Å². The van der Waals surface area contributed by atoms with Crippen molar-refractivity contribution in [2.75, 3.05) is 6.54 Å². The Bertz CT molecular complexity index is 1400. The second kappa shape index (κ2) is 7.53. The molecule has 160 valence electrons. The van der Waals surface area contributed by atoms with Crippen molar-refractivity contribution in [1.82, 2.24) is 20.1 Å². The zero-order valence-corrected chi connectivity index (χ0v) is 16.4. The molecule has 1 amide bonds. The van der Waals surface area contributed by atoms with Crippen LogP contribution in [0.15, 0.2) is 35.1 Å². The average Bonchev–Trinajstić information content (AvgIpc) is 3.18. The van der Waals surface area contributed by atoms with Gasteiger partial charge in [0.25, 0.3) is 11.5 Å². The van der Waals surface area contributed by atoms with E-state index >= 15 is 0 Å². The number of rotatable bonds is 4.